The van der Waals surface area contributed by atoms with Gasteiger partial charge < -0.3 is 10.8 Å². The first kappa shape index (κ1) is 31.9. The van der Waals surface area contributed by atoms with Crippen LogP contribution in [0, 0.1) is 0 Å². The molecule has 2 nitrogen and oxygen atoms in total. The fourth-order valence-corrected chi connectivity index (χ4v) is 5.04. The molecule has 0 saturated carbocycles. The molecule has 0 spiro atoms. The van der Waals surface area contributed by atoms with Crippen LogP contribution in [0.1, 0.15) is 181 Å². The van der Waals surface area contributed by atoms with Crippen LogP contribution in [0.5, 0.6) is 0 Å². The topological polar surface area (TPSA) is 46.2 Å². The number of nitrogens with two attached hydrogens (primary N) is 1. The van der Waals surface area contributed by atoms with Gasteiger partial charge in [0.05, 0.1) is 5.60 Å². The van der Waals surface area contributed by atoms with E-state index in [1.54, 1.807) is 0 Å². The molecule has 1 unspecified atom stereocenters. The quantitative estimate of drug-likeness (QED) is 0.128. The van der Waals surface area contributed by atoms with E-state index in [1.165, 1.54) is 128 Å². The van der Waals surface area contributed by atoms with Gasteiger partial charge in [0.1, 0.15) is 0 Å². The second-order valence-corrected chi connectivity index (χ2v) is 10.7. The van der Waals surface area contributed by atoms with E-state index in [2.05, 4.69) is 20.8 Å². The van der Waals surface area contributed by atoms with Crippen molar-refractivity contribution >= 4 is 0 Å². The largest absolute Gasteiger partial charge is 0.388 e. The molecule has 0 aliphatic carbocycles. The van der Waals surface area contributed by atoms with Gasteiger partial charge in [-0.25, -0.2) is 0 Å². The van der Waals surface area contributed by atoms with E-state index in [0.29, 0.717) is 0 Å². The molecule has 0 aliphatic rings. The lowest BCUT2D eigenvalue weighted by Crippen LogP contribution is -2.48. The first-order valence-electron chi connectivity index (χ1n) is 15.1. The first-order chi connectivity index (χ1) is 15.6. The summed E-state index contributed by atoms with van der Waals surface area (Å²) < 4.78 is 0. The van der Waals surface area contributed by atoms with Crippen LogP contribution in [0.3, 0.4) is 0 Å². The Kier molecular flexibility index (Phi) is 24.0. The minimum atomic E-state index is -0.631. The first-order valence-corrected chi connectivity index (χ1v) is 15.1. The van der Waals surface area contributed by atoms with E-state index >= 15 is 0 Å². The maximum atomic E-state index is 11.5. The van der Waals surface area contributed by atoms with E-state index in [4.69, 9.17) is 5.73 Å². The average molecular weight is 454 g/mol. The molecule has 1 atom stereocenters. The third-order valence-corrected chi connectivity index (χ3v) is 7.49. The van der Waals surface area contributed by atoms with Crippen molar-refractivity contribution in [1.82, 2.24) is 0 Å². The number of hydrogen-bond acceptors (Lipinski definition) is 2. The van der Waals surface area contributed by atoms with Crippen LogP contribution < -0.4 is 5.73 Å². The summed E-state index contributed by atoms with van der Waals surface area (Å²) in [6.07, 6.45) is 31.7. The predicted molar refractivity (Wildman–Crippen MR) is 145 cm³/mol. The summed E-state index contributed by atoms with van der Waals surface area (Å²) in [5.74, 6) is 0. The predicted octanol–water partition coefficient (Wildman–Crippen LogP) is 9.86. The Hall–Kier alpha value is -0.0800. The highest BCUT2D eigenvalue weighted by Gasteiger charge is 2.32. The molecular formula is C30H63NO. The van der Waals surface area contributed by atoms with Crippen LogP contribution in [-0.4, -0.2) is 16.7 Å². The summed E-state index contributed by atoms with van der Waals surface area (Å²) in [5, 5.41) is 11.5. The van der Waals surface area contributed by atoms with Gasteiger partial charge in [-0.3, -0.25) is 0 Å². The highest BCUT2D eigenvalue weighted by molar-refractivity contribution is 4.89. The minimum Gasteiger partial charge on any atom is -0.388 e. The van der Waals surface area contributed by atoms with E-state index in [-0.39, 0.29) is 6.04 Å². The van der Waals surface area contributed by atoms with Gasteiger partial charge in [0, 0.05) is 6.04 Å². The Morgan fingerprint density at radius 1 is 0.469 bits per heavy atom. The van der Waals surface area contributed by atoms with Crippen molar-refractivity contribution in [2.24, 2.45) is 5.73 Å². The molecule has 194 valence electrons. The zero-order valence-electron chi connectivity index (χ0n) is 22.8. The van der Waals surface area contributed by atoms with Gasteiger partial charge in [-0.15, -0.1) is 0 Å². The molecule has 0 fully saturated rings. The highest BCUT2D eigenvalue weighted by atomic mass is 16.3. The van der Waals surface area contributed by atoms with Gasteiger partial charge in [0.15, 0.2) is 0 Å². The molecular weight excluding hydrogens is 390 g/mol. The molecule has 0 heterocycles. The fraction of sp³-hybridized carbons (Fsp3) is 1.00. The zero-order chi connectivity index (χ0) is 23.8. The van der Waals surface area contributed by atoms with Gasteiger partial charge in [-0.05, 0) is 19.3 Å². The molecule has 0 rings (SSSR count). The summed E-state index contributed by atoms with van der Waals surface area (Å²) in [6, 6.07) is -0.0391. The SMILES string of the molecule is CCCCCCCCCCC(O)(CCCCCCCCCC)C(N)CCCCCCCC. The van der Waals surface area contributed by atoms with E-state index in [1.807, 2.05) is 0 Å². The van der Waals surface area contributed by atoms with Crippen LogP contribution in [0.2, 0.25) is 0 Å². The van der Waals surface area contributed by atoms with E-state index < -0.39 is 5.60 Å². The molecule has 0 aromatic heterocycles. The number of hydrogen-bond donors (Lipinski definition) is 2. The molecule has 0 radical (unpaired) electrons. The van der Waals surface area contributed by atoms with Gasteiger partial charge >= 0.3 is 0 Å². The Labute approximate surface area is 203 Å². The molecule has 0 saturated heterocycles. The Bertz CT molecular complexity index is 337. The second kappa shape index (κ2) is 24.1. The lowest BCUT2D eigenvalue weighted by Gasteiger charge is -2.35. The van der Waals surface area contributed by atoms with Crippen molar-refractivity contribution in [2.75, 3.05) is 0 Å². The van der Waals surface area contributed by atoms with Gasteiger partial charge in [0.25, 0.3) is 0 Å². The van der Waals surface area contributed by atoms with Crippen LogP contribution >= 0.6 is 0 Å². The molecule has 0 amide bonds. The van der Waals surface area contributed by atoms with Crippen molar-refractivity contribution < 1.29 is 5.11 Å². The summed E-state index contributed by atoms with van der Waals surface area (Å²) in [7, 11) is 0. The van der Waals surface area contributed by atoms with Crippen LogP contribution in [0.15, 0.2) is 0 Å². The van der Waals surface area contributed by atoms with Crippen molar-refractivity contribution in [3.63, 3.8) is 0 Å². The molecule has 0 bridgehead atoms. The number of rotatable bonds is 26. The maximum absolute atomic E-state index is 11.5. The normalized spacial score (nSPS) is 13.0. The summed E-state index contributed by atoms with van der Waals surface area (Å²) in [6.45, 7) is 6.83. The summed E-state index contributed by atoms with van der Waals surface area (Å²) in [4.78, 5) is 0. The Morgan fingerprint density at radius 2 is 0.750 bits per heavy atom. The van der Waals surface area contributed by atoms with Crippen LogP contribution in [0.4, 0.5) is 0 Å². The van der Waals surface area contributed by atoms with Crippen LogP contribution in [0.25, 0.3) is 0 Å². The molecule has 3 N–H and O–H groups in total. The van der Waals surface area contributed by atoms with Crippen molar-refractivity contribution in [2.45, 2.75) is 193 Å². The van der Waals surface area contributed by atoms with Crippen molar-refractivity contribution in [1.29, 1.82) is 0 Å². The van der Waals surface area contributed by atoms with Gasteiger partial charge in [-0.1, -0.05) is 162 Å². The number of unbranched alkanes of at least 4 members (excludes halogenated alkanes) is 19. The molecule has 0 aromatic rings. The minimum absolute atomic E-state index is 0.0391. The molecule has 2 heteroatoms. The zero-order valence-corrected chi connectivity index (χ0v) is 22.8. The number of aliphatic hydroxyl groups is 1. The second-order valence-electron chi connectivity index (χ2n) is 10.7. The Morgan fingerprint density at radius 3 is 1.09 bits per heavy atom. The van der Waals surface area contributed by atoms with Crippen molar-refractivity contribution in [3.05, 3.63) is 0 Å². The lowest BCUT2D eigenvalue weighted by atomic mass is 9.81. The standard InChI is InChI=1S/C30H63NO/c1-4-7-10-13-16-18-21-24-27-30(32,28-25-22-19-17-14-11-8-5-2)29(31)26-23-20-15-12-9-6-3/h29,32H,4-28,31H2,1-3H3. The summed E-state index contributed by atoms with van der Waals surface area (Å²) in [5.41, 5.74) is 6.00. The van der Waals surface area contributed by atoms with E-state index in [9.17, 15) is 5.11 Å². The third-order valence-electron chi connectivity index (χ3n) is 7.49. The van der Waals surface area contributed by atoms with Gasteiger partial charge in [-0.2, -0.15) is 0 Å². The van der Waals surface area contributed by atoms with Gasteiger partial charge in [0.2, 0.25) is 0 Å². The molecule has 32 heavy (non-hydrogen) atoms. The van der Waals surface area contributed by atoms with E-state index in [0.717, 1.165) is 32.1 Å². The smallest absolute Gasteiger partial charge is 0.0797 e. The monoisotopic (exact) mass is 453 g/mol. The average Bonchev–Trinajstić information content (AvgIpc) is 2.79. The highest BCUT2D eigenvalue weighted by Crippen LogP contribution is 2.28. The van der Waals surface area contributed by atoms with Crippen LogP contribution in [-0.2, 0) is 0 Å². The molecule has 0 aromatic carbocycles. The third kappa shape index (κ3) is 19.4. The molecule has 0 aliphatic heterocycles. The maximum Gasteiger partial charge on any atom is 0.0797 e. The summed E-state index contributed by atoms with van der Waals surface area (Å²) >= 11 is 0. The van der Waals surface area contributed by atoms with Crippen molar-refractivity contribution in [3.8, 4) is 0 Å². The lowest BCUT2D eigenvalue weighted by molar-refractivity contribution is -0.00986. The Balaban J connectivity index is 4.24. The fourth-order valence-electron chi connectivity index (χ4n) is 5.04.